The Morgan fingerprint density at radius 3 is 2.65 bits per heavy atom. The molecule has 0 spiro atoms. The number of likely N-dealkylation sites (tertiary alicyclic amines) is 1. The number of carbonyl (C=O) groups is 1. The maximum atomic E-state index is 13.4. The Hall–Kier alpha value is -3.58. The van der Waals surface area contributed by atoms with Crippen LogP contribution in [0.15, 0.2) is 73.4 Å². The van der Waals surface area contributed by atoms with Crippen molar-refractivity contribution < 1.29 is 4.79 Å². The lowest BCUT2D eigenvalue weighted by Gasteiger charge is -2.25. The molecule has 1 saturated heterocycles. The highest BCUT2D eigenvalue weighted by Crippen LogP contribution is 2.33. The average Bonchev–Trinajstić information content (AvgIpc) is 3.52. The molecule has 2 aromatic carbocycles. The summed E-state index contributed by atoms with van der Waals surface area (Å²) in [7, 11) is 0. The number of nitrogens with zero attached hydrogens (tertiary/aromatic N) is 6. The summed E-state index contributed by atoms with van der Waals surface area (Å²) in [5, 5.41) is 8.34. The summed E-state index contributed by atoms with van der Waals surface area (Å²) < 4.78 is 1.78. The zero-order chi connectivity index (χ0) is 21.2. The second kappa shape index (κ2) is 8.28. The fourth-order valence-electron chi connectivity index (χ4n) is 3.91. The Morgan fingerprint density at radius 1 is 1.03 bits per heavy atom. The third-order valence-corrected chi connectivity index (χ3v) is 5.70. The Kier molecular flexibility index (Phi) is 5.18. The van der Waals surface area contributed by atoms with Gasteiger partial charge in [0, 0.05) is 34.6 Å². The van der Waals surface area contributed by atoms with Gasteiger partial charge in [0.2, 0.25) is 0 Å². The van der Waals surface area contributed by atoms with Crippen LogP contribution in [0.3, 0.4) is 0 Å². The summed E-state index contributed by atoms with van der Waals surface area (Å²) in [6.45, 7) is 0.695. The van der Waals surface area contributed by atoms with Crippen molar-refractivity contribution in [3.05, 3.63) is 89.7 Å². The van der Waals surface area contributed by atoms with Crippen molar-refractivity contribution in [1.82, 2.24) is 29.6 Å². The van der Waals surface area contributed by atoms with Crippen molar-refractivity contribution >= 4 is 17.5 Å². The molecule has 0 bridgehead atoms. The first kappa shape index (κ1) is 19.4. The van der Waals surface area contributed by atoms with E-state index in [-0.39, 0.29) is 11.9 Å². The van der Waals surface area contributed by atoms with Gasteiger partial charge in [-0.3, -0.25) is 9.36 Å². The van der Waals surface area contributed by atoms with E-state index in [9.17, 15) is 4.79 Å². The minimum absolute atomic E-state index is 0.0101. The predicted molar refractivity (Wildman–Crippen MR) is 117 cm³/mol. The van der Waals surface area contributed by atoms with Crippen LogP contribution >= 0.6 is 11.6 Å². The Labute approximate surface area is 184 Å². The van der Waals surface area contributed by atoms with Crippen molar-refractivity contribution in [2.75, 3.05) is 6.54 Å². The number of hydrogen-bond donors (Lipinski definition) is 0. The molecule has 2 aromatic heterocycles. The van der Waals surface area contributed by atoms with Gasteiger partial charge in [-0.25, -0.2) is 9.97 Å². The number of aromatic nitrogens is 5. The standard InChI is InChI=1S/C23H19ClN6O/c24-18-8-6-16(7-9-18)22-25-11-10-20(28-22)21-5-2-12-30(21)23(31)17-3-1-4-19(13-17)29-14-26-27-15-29/h1,3-4,6-11,13-15,21H,2,5,12H2/t21-/m1/s1. The Balaban J connectivity index is 1.43. The van der Waals surface area contributed by atoms with Crippen molar-refractivity contribution in [3.8, 4) is 17.1 Å². The number of hydrogen-bond acceptors (Lipinski definition) is 5. The Morgan fingerprint density at radius 2 is 1.84 bits per heavy atom. The third-order valence-electron chi connectivity index (χ3n) is 5.44. The van der Waals surface area contributed by atoms with E-state index in [0.29, 0.717) is 23.0 Å². The molecule has 31 heavy (non-hydrogen) atoms. The summed E-state index contributed by atoms with van der Waals surface area (Å²) in [6.07, 6.45) is 6.78. The maximum absolute atomic E-state index is 13.4. The molecule has 7 nitrogen and oxygen atoms in total. The quantitative estimate of drug-likeness (QED) is 0.481. The molecule has 1 aliphatic heterocycles. The normalized spacial score (nSPS) is 15.9. The minimum Gasteiger partial charge on any atom is -0.330 e. The lowest BCUT2D eigenvalue weighted by atomic mass is 10.1. The lowest BCUT2D eigenvalue weighted by Crippen LogP contribution is -2.31. The molecule has 0 radical (unpaired) electrons. The van der Waals surface area contributed by atoms with Gasteiger partial charge in [-0.2, -0.15) is 0 Å². The largest absolute Gasteiger partial charge is 0.330 e. The van der Waals surface area contributed by atoms with Crippen molar-refractivity contribution in [3.63, 3.8) is 0 Å². The molecule has 154 valence electrons. The van der Waals surface area contributed by atoms with E-state index in [1.165, 1.54) is 0 Å². The van der Waals surface area contributed by atoms with E-state index in [0.717, 1.165) is 29.8 Å². The van der Waals surface area contributed by atoms with Gasteiger partial charge in [0.15, 0.2) is 5.82 Å². The van der Waals surface area contributed by atoms with Crippen LogP contribution in [0, 0.1) is 0 Å². The van der Waals surface area contributed by atoms with E-state index < -0.39 is 0 Å². The molecule has 1 atom stereocenters. The van der Waals surface area contributed by atoms with Gasteiger partial charge in [0.1, 0.15) is 12.7 Å². The first-order valence-corrected chi connectivity index (χ1v) is 10.4. The smallest absolute Gasteiger partial charge is 0.254 e. The summed E-state index contributed by atoms with van der Waals surface area (Å²) >= 11 is 6.00. The fraction of sp³-hybridized carbons (Fsp3) is 0.174. The summed E-state index contributed by atoms with van der Waals surface area (Å²) in [5.74, 6) is 0.618. The SMILES string of the molecule is O=C(c1cccc(-n2cnnc2)c1)N1CCC[C@@H]1c1ccnc(-c2ccc(Cl)cc2)n1. The molecule has 3 heterocycles. The van der Waals surface area contributed by atoms with Gasteiger partial charge in [-0.1, -0.05) is 17.7 Å². The van der Waals surface area contributed by atoms with Crippen LogP contribution in [0.5, 0.6) is 0 Å². The molecule has 0 aliphatic carbocycles. The molecule has 5 rings (SSSR count). The molecular formula is C23H19ClN6O. The van der Waals surface area contributed by atoms with Gasteiger partial charge in [-0.05, 0) is 61.4 Å². The second-order valence-electron chi connectivity index (χ2n) is 7.39. The number of benzene rings is 2. The van der Waals surface area contributed by atoms with Crippen molar-refractivity contribution in [2.45, 2.75) is 18.9 Å². The molecule has 0 N–H and O–H groups in total. The fourth-order valence-corrected chi connectivity index (χ4v) is 4.04. The van der Waals surface area contributed by atoms with Gasteiger partial charge >= 0.3 is 0 Å². The van der Waals surface area contributed by atoms with E-state index >= 15 is 0 Å². The van der Waals surface area contributed by atoms with Crippen LogP contribution in [-0.4, -0.2) is 42.1 Å². The molecule has 1 fully saturated rings. The van der Waals surface area contributed by atoms with Crippen molar-refractivity contribution in [2.24, 2.45) is 0 Å². The topological polar surface area (TPSA) is 76.8 Å². The van der Waals surface area contributed by atoms with E-state index in [1.807, 2.05) is 59.5 Å². The zero-order valence-electron chi connectivity index (χ0n) is 16.6. The third kappa shape index (κ3) is 3.92. The average molecular weight is 431 g/mol. The maximum Gasteiger partial charge on any atom is 0.254 e. The number of halogens is 1. The van der Waals surface area contributed by atoms with Crippen LogP contribution in [0.2, 0.25) is 5.02 Å². The highest BCUT2D eigenvalue weighted by molar-refractivity contribution is 6.30. The Bertz CT molecular complexity index is 1210. The van der Waals surface area contributed by atoms with Gasteiger partial charge in [0.25, 0.3) is 5.91 Å². The van der Waals surface area contributed by atoms with Crippen LogP contribution in [-0.2, 0) is 0 Å². The summed E-state index contributed by atoms with van der Waals surface area (Å²) in [5.41, 5.74) is 3.22. The van der Waals surface area contributed by atoms with Crippen molar-refractivity contribution in [1.29, 1.82) is 0 Å². The number of rotatable bonds is 4. The van der Waals surface area contributed by atoms with E-state index in [4.69, 9.17) is 16.6 Å². The van der Waals surface area contributed by atoms with E-state index in [2.05, 4.69) is 15.2 Å². The predicted octanol–water partition coefficient (Wildman–Crippen LogP) is 4.36. The highest BCUT2D eigenvalue weighted by Gasteiger charge is 2.32. The van der Waals surface area contributed by atoms with Crippen LogP contribution in [0.4, 0.5) is 0 Å². The minimum atomic E-state index is -0.0832. The van der Waals surface area contributed by atoms with Crippen LogP contribution in [0.1, 0.15) is 34.9 Å². The van der Waals surface area contributed by atoms with Gasteiger partial charge in [-0.15, -0.1) is 10.2 Å². The first-order valence-electron chi connectivity index (χ1n) is 10.0. The van der Waals surface area contributed by atoms with Crippen LogP contribution in [0.25, 0.3) is 17.1 Å². The molecule has 8 heteroatoms. The lowest BCUT2D eigenvalue weighted by molar-refractivity contribution is 0.0733. The van der Waals surface area contributed by atoms with Crippen LogP contribution < -0.4 is 0 Å². The number of amides is 1. The molecule has 4 aromatic rings. The molecule has 1 amide bonds. The zero-order valence-corrected chi connectivity index (χ0v) is 17.4. The van der Waals surface area contributed by atoms with Gasteiger partial charge < -0.3 is 4.90 Å². The second-order valence-corrected chi connectivity index (χ2v) is 7.82. The molecule has 0 unspecified atom stereocenters. The molecule has 1 aliphatic rings. The summed E-state index contributed by atoms with van der Waals surface area (Å²) in [6, 6.07) is 16.7. The monoisotopic (exact) mass is 430 g/mol. The first-order chi connectivity index (χ1) is 15.2. The number of carbonyl (C=O) groups excluding carboxylic acids is 1. The molecular weight excluding hydrogens is 412 g/mol. The summed E-state index contributed by atoms with van der Waals surface area (Å²) in [4.78, 5) is 24.5. The molecule has 0 saturated carbocycles. The van der Waals surface area contributed by atoms with Gasteiger partial charge in [0.05, 0.1) is 11.7 Å². The highest BCUT2D eigenvalue weighted by atomic mass is 35.5. The van der Waals surface area contributed by atoms with E-state index in [1.54, 1.807) is 23.4 Å².